The van der Waals surface area contributed by atoms with E-state index >= 15 is 0 Å². The third-order valence-electron chi connectivity index (χ3n) is 3.64. The molecule has 0 fully saturated rings. The van der Waals surface area contributed by atoms with Gasteiger partial charge in [-0.15, -0.1) is 0 Å². The topological polar surface area (TPSA) is 88.3 Å². The zero-order valence-corrected chi connectivity index (χ0v) is 11.8. The van der Waals surface area contributed by atoms with Gasteiger partial charge < -0.3 is 20.6 Å². The molecule has 5 nitrogen and oxygen atoms in total. The van der Waals surface area contributed by atoms with Crippen LogP contribution in [0, 0.1) is 12.8 Å². The first-order valence-electron chi connectivity index (χ1n) is 6.65. The Kier molecular flexibility index (Phi) is 4.29. The van der Waals surface area contributed by atoms with Crippen molar-refractivity contribution in [3.8, 4) is 5.75 Å². The van der Waals surface area contributed by atoms with Gasteiger partial charge in [-0.1, -0.05) is 0 Å². The van der Waals surface area contributed by atoms with Gasteiger partial charge in [0, 0.05) is 22.7 Å². The van der Waals surface area contributed by atoms with Crippen molar-refractivity contribution in [1.82, 2.24) is 4.98 Å². The number of benzene rings is 1. The van der Waals surface area contributed by atoms with Gasteiger partial charge in [-0.05, 0) is 44.0 Å². The summed E-state index contributed by atoms with van der Waals surface area (Å²) in [6.07, 6.45) is 0.975. The van der Waals surface area contributed by atoms with Crippen LogP contribution in [0.3, 0.4) is 0 Å². The summed E-state index contributed by atoms with van der Waals surface area (Å²) in [7, 11) is 1.62. The Balaban J connectivity index is 2.38. The van der Waals surface area contributed by atoms with Crippen LogP contribution >= 0.6 is 0 Å². The van der Waals surface area contributed by atoms with Gasteiger partial charge in [0.2, 0.25) is 0 Å². The number of nitrogens with one attached hydrogen (secondary N) is 1. The zero-order chi connectivity index (χ0) is 14.7. The van der Waals surface area contributed by atoms with Crippen molar-refractivity contribution in [3.05, 3.63) is 29.5 Å². The maximum Gasteiger partial charge on any atom is 0.306 e. The van der Waals surface area contributed by atoms with Crippen LogP contribution in [0.2, 0.25) is 0 Å². The maximum atomic E-state index is 11.3. The summed E-state index contributed by atoms with van der Waals surface area (Å²) in [6, 6.07) is 5.77. The summed E-state index contributed by atoms with van der Waals surface area (Å²) in [5.41, 5.74) is 8.51. The fraction of sp³-hybridized carbons (Fsp3) is 0.400. The van der Waals surface area contributed by atoms with Gasteiger partial charge in [0.05, 0.1) is 13.0 Å². The van der Waals surface area contributed by atoms with E-state index in [0.717, 1.165) is 27.9 Å². The van der Waals surface area contributed by atoms with Gasteiger partial charge in [0.25, 0.3) is 0 Å². The van der Waals surface area contributed by atoms with Gasteiger partial charge in [-0.3, -0.25) is 4.79 Å². The van der Waals surface area contributed by atoms with Crippen LogP contribution in [0.25, 0.3) is 10.9 Å². The molecule has 0 aliphatic rings. The molecule has 5 heteroatoms. The van der Waals surface area contributed by atoms with Crippen LogP contribution in [0.1, 0.15) is 17.7 Å². The van der Waals surface area contributed by atoms with Crippen molar-refractivity contribution < 1.29 is 14.6 Å². The highest BCUT2D eigenvalue weighted by Crippen LogP contribution is 2.28. The number of rotatable bonds is 6. The summed E-state index contributed by atoms with van der Waals surface area (Å²) < 4.78 is 5.20. The predicted octanol–water partition coefficient (Wildman–Crippen LogP) is 2.08. The van der Waals surface area contributed by atoms with Gasteiger partial charge in [0.1, 0.15) is 5.75 Å². The van der Waals surface area contributed by atoms with Gasteiger partial charge >= 0.3 is 5.97 Å². The molecule has 0 aliphatic heterocycles. The number of hydrogen-bond donors (Lipinski definition) is 3. The van der Waals surface area contributed by atoms with E-state index in [-0.39, 0.29) is 0 Å². The lowest BCUT2D eigenvalue weighted by Crippen LogP contribution is -2.20. The van der Waals surface area contributed by atoms with Crippen molar-refractivity contribution in [1.29, 1.82) is 0 Å². The average molecular weight is 276 g/mol. The Labute approximate surface area is 117 Å². The van der Waals surface area contributed by atoms with Crippen LogP contribution in [0.15, 0.2) is 18.2 Å². The van der Waals surface area contributed by atoms with E-state index in [1.54, 1.807) is 7.11 Å². The first kappa shape index (κ1) is 14.4. The molecule has 0 radical (unpaired) electrons. The zero-order valence-electron chi connectivity index (χ0n) is 11.8. The number of carboxylic acid groups (broad SMARTS) is 1. The minimum absolute atomic E-state index is 0.381. The first-order valence-corrected chi connectivity index (χ1v) is 6.65. The van der Waals surface area contributed by atoms with Gasteiger partial charge in [-0.2, -0.15) is 0 Å². The second-order valence-corrected chi connectivity index (χ2v) is 4.96. The van der Waals surface area contributed by atoms with Crippen LogP contribution in [-0.4, -0.2) is 29.7 Å². The lowest BCUT2D eigenvalue weighted by atomic mass is 9.94. The van der Waals surface area contributed by atoms with Gasteiger partial charge in [0.15, 0.2) is 0 Å². The van der Waals surface area contributed by atoms with Crippen molar-refractivity contribution in [3.63, 3.8) is 0 Å². The number of fused-ring (bicyclic) bond motifs is 1. The van der Waals surface area contributed by atoms with Crippen LogP contribution in [0.5, 0.6) is 5.75 Å². The highest BCUT2D eigenvalue weighted by atomic mass is 16.5. The number of nitrogens with two attached hydrogens (primary N) is 1. The lowest BCUT2D eigenvalue weighted by molar-refractivity contribution is -0.141. The summed E-state index contributed by atoms with van der Waals surface area (Å²) in [5, 5.41) is 10.3. The van der Waals surface area contributed by atoms with E-state index in [0.29, 0.717) is 19.4 Å². The molecule has 1 unspecified atom stereocenters. The number of hydrogen-bond acceptors (Lipinski definition) is 3. The summed E-state index contributed by atoms with van der Waals surface area (Å²) in [6.45, 7) is 2.34. The van der Waals surface area contributed by atoms with E-state index < -0.39 is 11.9 Å². The molecular formula is C15H20N2O3. The van der Waals surface area contributed by atoms with E-state index in [9.17, 15) is 9.90 Å². The molecule has 0 saturated heterocycles. The van der Waals surface area contributed by atoms with Crippen LogP contribution in [-0.2, 0) is 11.2 Å². The molecule has 1 atom stereocenters. The molecule has 108 valence electrons. The van der Waals surface area contributed by atoms with Gasteiger partial charge in [-0.25, -0.2) is 0 Å². The fourth-order valence-electron chi connectivity index (χ4n) is 2.52. The highest BCUT2D eigenvalue weighted by Gasteiger charge is 2.20. The van der Waals surface area contributed by atoms with Crippen molar-refractivity contribution in [2.75, 3.05) is 13.7 Å². The second-order valence-electron chi connectivity index (χ2n) is 4.96. The molecule has 2 rings (SSSR count). The normalized spacial score (nSPS) is 12.6. The van der Waals surface area contributed by atoms with E-state index in [1.165, 1.54) is 0 Å². The number of aromatic amines is 1. The number of carboxylic acids is 1. The Morgan fingerprint density at radius 3 is 2.85 bits per heavy atom. The molecule has 0 spiro atoms. The van der Waals surface area contributed by atoms with Crippen molar-refractivity contribution in [2.45, 2.75) is 19.8 Å². The Hall–Kier alpha value is -2.01. The maximum absolute atomic E-state index is 11.3. The number of ether oxygens (including phenoxy) is 1. The SMILES string of the molecule is COc1ccc2c(CC(CCN)C(=O)O)c(C)[nH]c2c1. The Morgan fingerprint density at radius 2 is 2.25 bits per heavy atom. The summed E-state index contributed by atoms with van der Waals surface area (Å²) >= 11 is 0. The number of H-pyrrole nitrogens is 1. The summed E-state index contributed by atoms with van der Waals surface area (Å²) in [5.74, 6) is -0.459. The second kappa shape index (κ2) is 5.96. The largest absolute Gasteiger partial charge is 0.497 e. The van der Waals surface area contributed by atoms with E-state index in [2.05, 4.69) is 4.98 Å². The third kappa shape index (κ3) is 2.77. The molecule has 20 heavy (non-hydrogen) atoms. The van der Waals surface area contributed by atoms with Crippen LogP contribution in [0.4, 0.5) is 0 Å². The lowest BCUT2D eigenvalue weighted by Gasteiger charge is -2.11. The number of carbonyl (C=O) groups is 1. The smallest absolute Gasteiger partial charge is 0.306 e. The Morgan fingerprint density at radius 1 is 1.50 bits per heavy atom. The standard InChI is InChI=1S/C15H20N2O3/c1-9-13(7-10(5-6-16)15(18)19)12-4-3-11(20-2)8-14(12)17-9/h3-4,8,10,17H,5-7,16H2,1-2H3,(H,18,19). The number of aromatic nitrogens is 1. The number of methoxy groups -OCH3 is 1. The molecule has 4 N–H and O–H groups in total. The monoisotopic (exact) mass is 276 g/mol. The molecule has 0 bridgehead atoms. The molecule has 0 aliphatic carbocycles. The minimum Gasteiger partial charge on any atom is -0.497 e. The molecule has 0 saturated carbocycles. The molecular weight excluding hydrogens is 256 g/mol. The minimum atomic E-state index is -0.794. The van der Waals surface area contributed by atoms with E-state index in [4.69, 9.17) is 10.5 Å². The number of aliphatic carboxylic acids is 1. The highest BCUT2D eigenvalue weighted by molar-refractivity contribution is 5.86. The number of aryl methyl sites for hydroxylation is 1. The van der Waals surface area contributed by atoms with Crippen LogP contribution < -0.4 is 10.5 Å². The third-order valence-corrected chi connectivity index (χ3v) is 3.64. The fourth-order valence-corrected chi connectivity index (χ4v) is 2.52. The van der Waals surface area contributed by atoms with E-state index in [1.807, 2.05) is 25.1 Å². The molecule has 1 heterocycles. The molecule has 1 aromatic heterocycles. The summed E-state index contributed by atoms with van der Waals surface area (Å²) in [4.78, 5) is 14.6. The molecule has 0 amide bonds. The average Bonchev–Trinajstić information content (AvgIpc) is 2.73. The van der Waals surface area contributed by atoms with Crippen molar-refractivity contribution >= 4 is 16.9 Å². The molecule has 2 aromatic rings. The predicted molar refractivity (Wildman–Crippen MR) is 78.1 cm³/mol. The molecule has 1 aromatic carbocycles. The quantitative estimate of drug-likeness (QED) is 0.753. The van der Waals surface area contributed by atoms with Crippen molar-refractivity contribution in [2.24, 2.45) is 11.7 Å². The Bertz CT molecular complexity index is 619. The first-order chi connectivity index (χ1) is 9.56.